The van der Waals surface area contributed by atoms with Crippen LogP contribution in [0.1, 0.15) is 38.5 Å². The summed E-state index contributed by atoms with van der Waals surface area (Å²) < 4.78 is 4.24. The van der Waals surface area contributed by atoms with E-state index in [-0.39, 0.29) is 11.5 Å². The summed E-state index contributed by atoms with van der Waals surface area (Å²) in [5, 5.41) is 1.06. The minimum absolute atomic E-state index is 0.137. The van der Waals surface area contributed by atoms with Crippen LogP contribution in [0.5, 0.6) is 0 Å². The van der Waals surface area contributed by atoms with Crippen LogP contribution >= 0.6 is 11.5 Å². The highest BCUT2D eigenvalue weighted by molar-refractivity contribution is 7.05. The third kappa shape index (κ3) is 3.03. The van der Waals surface area contributed by atoms with E-state index in [1.807, 2.05) is 0 Å². The second kappa shape index (κ2) is 4.36. The molecule has 2 N–H and O–H groups in total. The Bertz CT molecular complexity index is 288. The van der Waals surface area contributed by atoms with Crippen LogP contribution in [0.4, 0.5) is 0 Å². The summed E-state index contributed by atoms with van der Waals surface area (Å²) in [6.07, 6.45) is 1.74. The van der Waals surface area contributed by atoms with Crippen LogP contribution in [0.15, 0.2) is 0 Å². The third-order valence-electron chi connectivity index (χ3n) is 2.33. The van der Waals surface area contributed by atoms with Crippen LogP contribution in [-0.2, 0) is 12.8 Å². The van der Waals surface area contributed by atoms with Gasteiger partial charge in [-0.2, -0.15) is 4.37 Å². The highest BCUT2D eigenvalue weighted by Gasteiger charge is 2.22. The van der Waals surface area contributed by atoms with Crippen molar-refractivity contribution in [1.29, 1.82) is 0 Å². The van der Waals surface area contributed by atoms with Gasteiger partial charge >= 0.3 is 0 Å². The van der Waals surface area contributed by atoms with Gasteiger partial charge in [-0.05, 0) is 16.9 Å². The molecule has 1 rings (SSSR count). The molecule has 0 aliphatic rings. The summed E-state index contributed by atoms with van der Waals surface area (Å²) in [5.74, 6) is 0.936. The molecule has 0 bridgehead atoms. The molecule has 1 aromatic rings. The molecule has 0 aliphatic carbocycles. The number of rotatable bonds is 3. The highest BCUT2D eigenvalue weighted by atomic mass is 32.1. The summed E-state index contributed by atoms with van der Waals surface area (Å²) in [5.41, 5.74) is 6.21. The zero-order chi connectivity index (χ0) is 10.8. The van der Waals surface area contributed by atoms with Crippen LogP contribution in [0, 0.1) is 5.41 Å². The lowest BCUT2D eigenvalue weighted by Gasteiger charge is -2.25. The molecule has 1 aromatic heterocycles. The number of aromatic nitrogens is 2. The summed E-state index contributed by atoms with van der Waals surface area (Å²) in [6, 6.07) is 0.153. The molecule has 3 nitrogen and oxygen atoms in total. The molecule has 4 heteroatoms. The Labute approximate surface area is 89.9 Å². The Morgan fingerprint density at radius 2 is 2.07 bits per heavy atom. The second-order valence-electron chi connectivity index (χ2n) is 4.63. The van der Waals surface area contributed by atoms with Crippen LogP contribution in [-0.4, -0.2) is 15.4 Å². The predicted molar refractivity (Wildman–Crippen MR) is 60.4 cm³/mol. The van der Waals surface area contributed by atoms with Gasteiger partial charge in [0.2, 0.25) is 0 Å². The van der Waals surface area contributed by atoms with Gasteiger partial charge in [-0.1, -0.05) is 27.7 Å². The summed E-state index contributed by atoms with van der Waals surface area (Å²) in [7, 11) is 0. The van der Waals surface area contributed by atoms with E-state index in [0.29, 0.717) is 0 Å². The van der Waals surface area contributed by atoms with Gasteiger partial charge in [-0.25, -0.2) is 4.98 Å². The summed E-state index contributed by atoms with van der Waals surface area (Å²) in [4.78, 5) is 4.41. The first kappa shape index (κ1) is 11.6. The van der Waals surface area contributed by atoms with Crippen molar-refractivity contribution < 1.29 is 0 Å². The molecular weight excluding hydrogens is 194 g/mol. The van der Waals surface area contributed by atoms with Gasteiger partial charge in [0.05, 0.1) is 0 Å². The Hall–Kier alpha value is -0.480. The van der Waals surface area contributed by atoms with Gasteiger partial charge in [0, 0.05) is 18.9 Å². The fourth-order valence-corrected chi connectivity index (χ4v) is 1.79. The smallest absolute Gasteiger partial charge is 0.142 e. The van der Waals surface area contributed by atoms with Crippen molar-refractivity contribution in [3.8, 4) is 0 Å². The van der Waals surface area contributed by atoms with E-state index in [9.17, 15) is 0 Å². The van der Waals surface area contributed by atoms with Gasteiger partial charge in [-0.3, -0.25) is 0 Å². The van der Waals surface area contributed by atoms with E-state index in [2.05, 4.69) is 37.1 Å². The molecule has 1 unspecified atom stereocenters. The van der Waals surface area contributed by atoms with Gasteiger partial charge in [-0.15, -0.1) is 0 Å². The molecule has 1 atom stereocenters. The van der Waals surface area contributed by atoms with E-state index in [1.165, 1.54) is 11.5 Å². The number of nitrogens with two attached hydrogens (primary N) is 1. The minimum Gasteiger partial charge on any atom is -0.327 e. The van der Waals surface area contributed by atoms with E-state index < -0.39 is 0 Å². The van der Waals surface area contributed by atoms with Crippen LogP contribution < -0.4 is 5.73 Å². The lowest BCUT2D eigenvalue weighted by molar-refractivity contribution is 0.318. The number of nitrogens with zero attached hydrogens (tertiary/aromatic N) is 2. The largest absolute Gasteiger partial charge is 0.327 e. The highest BCUT2D eigenvalue weighted by Crippen LogP contribution is 2.21. The first-order valence-electron chi connectivity index (χ1n) is 5.00. The lowest BCUT2D eigenvalue weighted by Crippen LogP contribution is -2.36. The van der Waals surface area contributed by atoms with Crippen molar-refractivity contribution in [2.75, 3.05) is 0 Å². The fraction of sp³-hybridized carbons (Fsp3) is 0.800. The molecule has 0 spiro atoms. The standard InChI is InChI=1S/C10H19N3S/c1-5-8-12-9(14-13-8)6-7(11)10(2,3)4/h7H,5-6,11H2,1-4H3. The molecule has 0 fully saturated rings. The Kier molecular flexibility index (Phi) is 3.61. The minimum atomic E-state index is 0.137. The Morgan fingerprint density at radius 1 is 1.43 bits per heavy atom. The van der Waals surface area contributed by atoms with E-state index in [4.69, 9.17) is 5.73 Å². The van der Waals surface area contributed by atoms with Crippen molar-refractivity contribution in [1.82, 2.24) is 9.36 Å². The maximum Gasteiger partial charge on any atom is 0.142 e. The van der Waals surface area contributed by atoms with E-state index >= 15 is 0 Å². The van der Waals surface area contributed by atoms with Crippen molar-refractivity contribution in [2.24, 2.45) is 11.1 Å². The number of hydrogen-bond donors (Lipinski definition) is 1. The van der Waals surface area contributed by atoms with Crippen LogP contribution in [0.3, 0.4) is 0 Å². The molecular formula is C10H19N3S. The Morgan fingerprint density at radius 3 is 2.50 bits per heavy atom. The molecule has 0 aromatic carbocycles. The topological polar surface area (TPSA) is 51.8 Å². The van der Waals surface area contributed by atoms with Crippen molar-refractivity contribution in [2.45, 2.75) is 46.6 Å². The quantitative estimate of drug-likeness (QED) is 0.835. The number of aryl methyl sites for hydroxylation is 1. The summed E-state index contributed by atoms with van der Waals surface area (Å²) >= 11 is 1.48. The average molecular weight is 213 g/mol. The molecule has 0 saturated heterocycles. The summed E-state index contributed by atoms with van der Waals surface area (Å²) in [6.45, 7) is 8.52. The molecule has 14 heavy (non-hydrogen) atoms. The molecule has 1 heterocycles. The SMILES string of the molecule is CCc1nsc(CC(N)C(C)(C)C)n1. The molecule has 0 amide bonds. The lowest BCUT2D eigenvalue weighted by atomic mass is 9.86. The molecule has 80 valence electrons. The maximum atomic E-state index is 6.07. The maximum absolute atomic E-state index is 6.07. The van der Waals surface area contributed by atoms with Crippen molar-refractivity contribution >= 4 is 11.5 Å². The Balaban J connectivity index is 2.60. The van der Waals surface area contributed by atoms with Gasteiger partial charge < -0.3 is 5.73 Å². The normalized spacial score (nSPS) is 14.4. The zero-order valence-electron chi connectivity index (χ0n) is 9.37. The fourth-order valence-electron chi connectivity index (χ4n) is 1.01. The molecule has 0 aliphatic heterocycles. The number of hydrogen-bond acceptors (Lipinski definition) is 4. The van der Waals surface area contributed by atoms with Gasteiger partial charge in [0.15, 0.2) is 0 Å². The van der Waals surface area contributed by atoms with Crippen LogP contribution in [0.25, 0.3) is 0 Å². The molecule has 0 radical (unpaired) electrons. The monoisotopic (exact) mass is 213 g/mol. The zero-order valence-corrected chi connectivity index (χ0v) is 10.2. The van der Waals surface area contributed by atoms with Gasteiger partial charge in [0.1, 0.15) is 10.8 Å². The third-order valence-corrected chi connectivity index (χ3v) is 3.10. The first-order valence-corrected chi connectivity index (χ1v) is 5.78. The first-order chi connectivity index (χ1) is 6.43. The van der Waals surface area contributed by atoms with E-state index in [0.717, 1.165) is 23.7 Å². The van der Waals surface area contributed by atoms with Gasteiger partial charge in [0.25, 0.3) is 0 Å². The second-order valence-corrected chi connectivity index (χ2v) is 5.47. The van der Waals surface area contributed by atoms with Crippen LogP contribution in [0.2, 0.25) is 0 Å². The van der Waals surface area contributed by atoms with E-state index in [1.54, 1.807) is 0 Å². The molecule has 0 saturated carbocycles. The predicted octanol–water partition coefficient (Wildman–Crippen LogP) is 2.02. The van der Waals surface area contributed by atoms with Crippen molar-refractivity contribution in [3.63, 3.8) is 0 Å². The average Bonchev–Trinajstić information content (AvgIpc) is 2.50. The van der Waals surface area contributed by atoms with Crippen molar-refractivity contribution in [3.05, 3.63) is 10.8 Å².